The molecule has 0 aliphatic carbocycles. The molecule has 1 N–H and O–H groups in total. The van der Waals surface area contributed by atoms with Crippen LogP contribution in [0.5, 0.6) is 11.5 Å². The van der Waals surface area contributed by atoms with Crippen LogP contribution >= 0.6 is 23.2 Å². The number of ether oxygens (including phenoxy) is 2. The maximum atomic E-state index is 13.8. The Bertz CT molecular complexity index is 1230. The summed E-state index contributed by atoms with van der Waals surface area (Å²) in [6, 6.07) is 6.29. The molecular formula is C20H17Cl2FN2O6S. The number of methoxy groups -OCH3 is 2. The van der Waals surface area contributed by atoms with Crippen molar-refractivity contribution in [1.82, 2.24) is 9.62 Å². The molecule has 0 unspecified atom stereocenters. The summed E-state index contributed by atoms with van der Waals surface area (Å²) >= 11 is 11.8. The van der Waals surface area contributed by atoms with Crippen LogP contribution in [0.25, 0.3) is 6.08 Å². The van der Waals surface area contributed by atoms with Crippen molar-refractivity contribution in [3.05, 3.63) is 57.3 Å². The molecule has 12 heteroatoms. The van der Waals surface area contributed by atoms with E-state index in [4.69, 9.17) is 32.7 Å². The van der Waals surface area contributed by atoms with Crippen molar-refractivity contribution in [1.29, 1.82) is 0 Å². The van der Waals surface area contributed by atoms with E-state index >= 15 is 0 Å². The molecule has 1 saturated heterocycles. The van der Waals surface area contributed by atoms with Gasteiger partial charge in [-0.2, -0.15) is 0 Å². The number of sulfonamides is 1. The zero-order valence-corrected chi connectivity index (χ0v) is 19.1. The van der Waals surface area contributed by atoms with Crippen molar-refractivity contribution in [2.24, 2.45) is 0 Å². The van der Waals surface area contributed by atoms with Gasteiger partial charge in [-0.15, -0.1) is 0 Å². The van der Waals surface area contributed by atoms with Crippen molar-refractivity contribution in [3.8, 4) is 11.5 Å². The monoisotopic (exact) mass is 502 g/mol. The molecule has 2 amide bonds. The van der Waals surface area contributed by atoms with Crippen LogP contribution in [0.15, 0.2) is 40.8 Å². The van der Waals surface area contributed by atoms with E-state index in [1.54, 1.807) is 12.1 Å². The highest BCUT2D eigenvalue weighted by Crippen LogP contribution is 2.33. The van der Waals surface area contributed by atoms with Gasteiger partial charge in [-0.05, 0) is 30.3 Å². The minimum atomic E-state index is -4.65. The van der Waals surface area contributed by atoms with E-state index in [2.05, 4.69) is 5.32 Å². The van der Waals surface area contributed by atoms with Gasteiger partial charge in [0.2, 0.25) is 5.91 Å². The van der Waals surface area contributed by atoms with Gasteiger partial charge >= 0.3 is 0 Å². The molecule has 3 rings (SSSR count). The molecule has 0 aromatic heterocycles. The quantitative estimate of drug-likeness (QED) is 0.630. The molecule has 170 valence electrons. The number of carbonyl (C=O) groups is 2. The summed E-state index contributed by atoms with van der Waals surface area (Å²) in [4.78, 5) is 24.9. The number of hydrogen-bond donors (Lipinski definition) is 1. The van der Waals surface area contributed by atoms with Crippen LogP contribution < -0.4 is 14.8 Å². The number of hydrogen-bond acceptors (Lipinski definition) is 6. The van der Waals surface area contributed by atoms with Crippen molar-refractivity contribution < 1.29 is 31.9 Å². The SMILES string of the molecule is COc1ccc(Cl)cc1/C=C1\CNC(=O)CN(S(=O)(=O)c2cc(Cl)c(F)cc2OC)C1=O. The molecule has 1 aliphatic heterocycles. The smallest absolute Gasteiger partial charge is 0.270 e. The fraction of sp³-hybridized carbons (Fsp3) is 0.200. The minimum Gasteiger partial charge on any atom is -0.496 e. The summed E-state index contributed by atoms with van der Waals surface area (Å²) in [6.45, 7) is -1.02. The van der Waals surface area contributed by atoms with E-state index in [1.807, 2.05) is 0 Å². The maximum absolute atomic E-state index is 13.8. The number of amides is 2. The summed E-state index contributed by atoms with van der Waals surface area (Å²) in [5.74, 6) is -2.57. The largest absolute Gasteiger partial charge is 0.496 e. The Morgan fingerprint density at radius 2 is 1.78 bits per heavy atom. The van der Waals surface area contributed by atoms with Crippen LogP contribution in [0, 0.1) is 5.82 Å². The second kappa shape index (κ2) is 9.35. The first-order valence-electron chi connectivity index (χ1n) is 8.99. The van der Waals surface area contributed by atoms with Crippen LogP contribution in [-0.2, 0) is 19.6 Å². The van der Waals surface area contributed by atoms with Gasteiger partial charge in [0, 0.05) is 28.8 Å². The van der Waals surface area contributed by atoms with E-state index in [-0.39, 0.29) is 17.9 Å². The van der Waals surface area contributed by atoms with Gasteiger partial charge in [0.15, 0.2) is 0 Å². The zero-order valence-electron chi connectivity index (χ0n) is 16.8. The number of rotatable bonds is 5. The lowest BCUT2D eigenvalue weighted by atomic mass is 10.1. The fourth-order valence-electron chi connectivity index (χ4n) is 2.99. The molecule has 1 fully saturated rings. The van der Waals surface area contributed by atoms with E-state index in [1.165, 1.54) is 19.3 Å². The first kappa shape index (κ1) is 23.8. The second-order valence-electron chi connectivity index (χ2n) is 6.57. The Hall–Kier alpha value is -2.82. The summed E-state index contributed by atoms with van der Waals surface area (Å²) in [6.07, 6.45) is 1.37. The van der Waals surface area contributed by atoms with E-state index < -0.39 is 44.1 Å². The van der Waals surface area contributed by atoms with Gasteiger partial charge in [0.25, 0.3) is 15.9 Å². The Morgan fingerprint density at radius 3 is 2.44 bits per heavy atom. The Balaban J connectivity index is 2.13. The van der Waals surface area contributed by atoms with E-state index in [0.29, 0.717) is 20.6 Å². The molecule has 2 aromatic carbocycles. The van der Waals surface area contributed by atoms with Crippen molar-refractivity contribution >= 4 is 51.1 Å². The summed E-state index contributed by atoms with van der Waals surface area (Å²) < 4.78 is 51.0. The van der Waals surface area contributed by atoms with Crippen LogP contribution in [0.1, 0.15) is 5.56 Å². The van der Waals surface area contributed by atoms with Crippen molar-refractivity contribution in [2.75, 3.05) is 27.3 Å². The maximum Gasteiger partial charge on any atom is 0.270 e. The Kier molecular flexibility index (Phi) is 6.97. The predicted octanol–water partition coefficient (Wildman–Crippen LogP) is 2.88. The number of benzene rings is 2. The number of halogens is 3. The Labute approximate surface area is 193 Å². The third kappa shape index (κ3) is 4.67. The highest BCUT2D eigenvalue weighted by molar-refractivity contribution is 7.89. The molecule has 0 atom stereocenters. The molecular weight excluding hydrogens is 486 g/mol. The first-order valence-corrected chi connectivity index (χ1v) is 11.2. The highest BCUT2D eigenvalue weighted by atomic mass is 35.5. The second-order valence-corrected chi connectivity index (χ2v) is 9.24. The van der Waals surface area contributed by atoms with Crippen LogP contribution in [-0.4, -0.2) is 51.8 Å². The third-order valence-corrected chi connectivity index (χ3v) is 6.84. The molecule has 32 heavy (non-hydrogen) atoms. The molecule has 8 nitrogen and oxygen atoms in total. The molecule has 0 radical (unpaired) electrons. The highest BCUT2D eigenvalue weighted by Gasteiger charge is 2.37. The molecule has 0 saturated carbocycles. The molecule has 0 spiro atoms. The van der Waals surface area contributed by atoms with Gasteiger partial charge in [0.05, 0.1) is 19.2 Å². The zero-order chi connectivity index (χ0) is 23.6. The molecule has 1 aliphatic rings. The van der Waals surface area contributed by atoms with Gasteiger partial charge in [-0.3, -0.25) is 9.59 Å². The topological polar surface area (TPSA) is 102 Å². The first-order chi connectivity index (χ1) is 15.1. The van der Waals surface area contributed by atoms with E-state index in [0.717, 1.165) is 19.2 Å². The van der Waals surface area contributed by atoms with Gasteiger partial charge < -0.3 is 14.8 Å². The normalized spacial score (nSPS) is 16.0. The molecule has 2 aromatic rings. The fourth-order valence-corrected chi connectivity index (χ4v) is 4.92. The summed E-state index contributed by atoms with van der Waals surface area (Å²) in [7, 11) is -2.10. The summed E-state index contributed by atoms with van der Waals surface area (Å²) in [5.41, 5.74) is 0.353. The van der Waals surface area contributed by atoms with Crippen LogP contribution in [0.3, 0.4) is 0 Å². The average molecular weight is 503 g/mol. The van der Waals surface area contributed by atoms with Gasteiger partial charge in [0.1, 0.15) is 28.8 Å². The Morgan fingerprint density at radius 1 is 1.09 bits per heavy atom. The molecule has 0 bridgehead atoms. The van der Waals surface area contributed by atoms with Crippen LogP contribution in [0.2, 0.25) is 10.0 Å². The lowest BCUT2D eigenvalue weighted by molar-refractivity contribution is -0.127. The third-order valence-electron chi connectivity index (χ3n) is 4.56. The standard InChI is InChI=1S/C20H17Cl2FN2O6S/c1-30-16-4-3-13(21)6-11(16)5-12-9-24-19(26)10-25(20(12)27)32(28,29)18-7-14(22)15(23)8-17(18)31-2/h3-8H,9-10H2,1-2H3,(H,24,26)/b12-5+. The number of nitrogens with zero attached hydrogens (tertiary/aromatic N) is 1. The van der Waals surface area contributed by atoms with Gasteiger partial charge in [-0.25, -0.2) is 17.1 Å². The number of carbonyl (C=O) groups excluding carboxylic acids is 2. The summed E-state index contributed by atoms with van der Waals surface area (Å²) in [5, 5.41) is 2.34. The minimum absolute atomic E-state index is 0.0489. The van der Waals surface area contributed by atoms with Crippen molar-refractivity contribution in [2.45, 2.75) is 4.90 Å². The lowest BCUT2D eigenvalue weighted by Gasteiger charge is -2.21. The van der Waals surface area contributed by atoms with Gasteiger partial charge in [-0.1, -0.05) is 23.2 Å². The molecule has 1 heterocycles. The average Bonchev–Trinajstić information content (AvgIpc) is 2.89. The predicted molar refractivity (Wildman–Crippen MR) is 116 cm³/mol. The van der Waals surface area contributed by atoms with E-state index in [9.17, 15) is 22.4 Å². The van der Waals surface area contributed by atoms with Crippen molar-refractivity contribution in [3.63, 3.8) is 0 Å². The lowest BCUT2D eigenvalue weighted by Crippen LogP contribution is -2.40. The van der Waals surface area contributed by atoms with Crippen LogP contribution in [0.4, 0.5) is 4.39 Å². The number of nitrogens with one attached hydrogen (secondary N) is 1.